The molecule has 0 atom stereocenters. The maximum Gasteiger partial charge on any atom is 0.270 e. The SMILES string of the molecule is O=C1CCc2cc(NC(=O)c3cccc([N+](=O)[O-])c3)ccc2N1. The number of anilines is 2. The lowest BCUT2D eigenvalue weighted by atomic mass is 10.0. The van der Waals surface area contributed by atoms with Crippen LogP contribution in [0.15, 0.2) is 42.5 Å². The van der Waals surface area contributed by atoms with Crippen LogP contribution >= 0.6 is 0 Å². The Morgan fingerprint density at radius 2 is 2.00 bits per heavy atom. The first-order valence-corrected chi connectivity index (χ1v) is 7.01. The molecule has 116 valence electrons. The van der Waals surface area contributed by atoms with Crippen LogP contribution in [0.3, 0.4) is 0 Å². The van der Waals surface area contributed by atoms with E-state index in [1.165, 1.54) is 24.3 Å². The van der Waals surface area contributed by atoms with Crippen LogP contribution in [0.2, 0.25) is 0 Å². The molecule has 2 N–H and O–H groups in total. The van der Waals surface area contributed by atoms with Crippen LogP contribution < -0.4 is 10.6 Å². The predicted octanol–water partition coefficient (Wildman–Crippen LogP) is 2.73. The van der Waals surface area contributed by atoms with E-state index in [1.54, 1.807) is 18.2 Å². The highest BCUT2D eigenvalue weighted by Crippen LogP contribution is 2.26. The fraction of sp³-hybridized carbons (Fsp3) is 0.125. The first-order chi connectivity index (χ1) is 11.0. The summed E-state index contributed by atoms with van der Waals surface area (Å²) in [6.45, 7) is 0. The number of amides is 2. The van der Waals surface area contributed by atoms with Crippen molar-refractivity contribution >= 4 is 28.9 Å². The summed E-state index contributed by atoms with van der Waals surface area (Å²) in [5.41, 5.74) is 2.35. The molecule has 0 unspecified atom stereocenters. The number of carbonyl (C=O) groups is 2. The normalized spacial score (nSPS) is 13.0. The number of nitro groups is 1. The van der Waals surface area contributed by atoms with Crippen LogP contribution in [0.4, 0.5) is 17.1 Å². The molecule has 0 aliphatic carbocycles. The smallest absolute Gasteiger partial charge is 0.270 e. The van der Waals surface area contributed by atoms with Crippen LogP contribution in [-0.2, 0) is 11.2 Å². The summed E-state index contributed by atoms with van der Waals surface area (Å²) >= 11 is 0. The van der Waals surface area contributed by atoms with Gasteiger partial charge in [-0.05, 0) is 36.2 Å². The minimum atomic E-state index is -0.543. The van der Waals surface area contributed by atoms with E-state index in [0.717, 1.165) is 11.3 Å². The van der Waals surface area contributed by atoms with Gasteiger partial charge in [0, 0.05) is 35.5 Å². The first kappa shape index (κ1) is 14.7. The molecular formula is C16H13N3O4. The van der Waals surface area contributed by atoms with Crippen molar-refractivity contribution in [2.75, 3.05) is 10.6 Å². The van der Waals surface area contributed by atoms with E-state index in [-0.39, 0.29) is 17.2 Å². The van der Waals surface area contributed by atoms with Gasteiger partial charge in [-0.25, -0.2) is 0 Å². The van der Waals surface area contributed by atoms with Gasteiger partial charge in [0.15, 0.2) is 0 Å². The Hall–Kier alpha value is -3.22. The number of rotatable bonds is 3. The molecule has 0 aromatic heterocycles. The maximum atomic E-state index is 12.2. The second-order valence-electron chi connectivity index (χ2n) is 5.18. The number of non-ortho nitro benzene ring substituents is 1. The second kappa shape index (κ2) is 5.88. The third-order valence-electron chi connectivity index (χ3n) is 3.58. The number of nitro benzene ring substituents is 1. The van der Waals surface area contributed by atoms with E-state index in [4.69, 9.17) is 0 Å². The van der Waals surface area contributed by atoms with Crippen LogP contribution in [0.1, 0.15) is 22.3 Å². The van der Waals surface area contributed by atoms with Gasteiger partial charge < -0.3 is 10.6 Å². The highest BCUT2D eigenvalue weighted by atomic mass is 16.6. The maximum absolute atomic E-state index is 12.2. The molecule has 2 aromatic rings. The number of nitrogens with one attached hydrogen (secondary N) is 2. The molecule has 0 radical (unpaired) electrons. The number of hydrogen-bond donors (Lipinski definition) is 2. The van der Waals surface area contributed by atoms with Crippen molar-refractivity contribution in [3.8, 4) is 0 Å². The highest BCUT2D eigenvalue weighted by Gasteiger charge is 2.16. The zero-order valence-electron chi connectivity index (χ0n) is 12.0. The van der Waals surface area contributed by atoms with Crippen LogP contribution in [0.5, 0.6) is 0 Å². The molecule has 0 spiro atoms. The van der Waals surface area contributed by atoms with Gasteiger partial charge in [-0.3, -0.25) is 19.7 Å². The second-order valence-corrected chi connectivity index (χ2v) is 5.18. The van der Waals surface area contributed by atoms with E-state index in [9.17, 15) is 19.7 Å². The predicted molar refractivity (Wildman–Crippen MR) is 84.4 cm³/mol. The van der Waals surface area contributed by atoms with Crippen LogP contribution in [0, 0.1) is 10.1 Å². The number of fused-ring (bicyclic) bond motifs is 1. The van der Waals surface area contributed by atoms with Gasteiger partial charge in [0.05, 0.1) is 4.92 Å². The van der Waals surface area contributed by atoms with Gasteiger partial charge in [-0.2, -0.15) is 0 Å². The standard InChI is InChI=1S/C16H13N3O4/c20-15-7-4-10-8-12(5-6-14(10)18-15)17-16(21)11-2-1-3-13(9-11)19(22)23/h1-3,5-6,8-9H,4,7H2,(H,17,21)(H,18,20). The fourth-order valence-electron chi connectivity index (χ4n) is 2.43. The summed E-state index contributed by atoms with van der Waals surface area (Å²) in [6.07, 6.45) is 1.02. The van der Waals surface area contributed by atoms with Crippen molar-refractivity contribution in [2.24, 2.45) is 0 Å². The van der Waals surface area contributed by atoms with Crippen molar-refractivity contribution in [1.82, 2.24) is 0 Å². The molecule has 1 aliphatic heterocycles. The lowest BCUT2D eigenvalue weighted by Gasteiger charge is -2.17. The number of hydrogen-bond acceptors (Lipinski definition) is 4. The van der Waals surface area contributed by atoms with Gasteiger partial charge in [-0.15, -0.1) is 0 Å². The van der Waals surface area contributed by atoms with Gasteiger partial charge in [-0.1, -0.05) is 6.07 Å². The summed E-state index contributed by atoms with van der Waals surface area (Å²) in [5.74, 6) is -0.445. The molecule has 2 aromatic carbocycles. The summed E-state index contributed by atoms with van der Waals surface area (Å²) < 4.78 is 0. The Morgan fingerprint density at radius 3 is 2.78 bits per heavy atom. The van der Waals surface area contributed by atoms with E-state index in [1.807, 2.05) is 0 Å². The topological polar surface area (TPSA) is 101 Å². The van der Waals surface area contributed by atoms with E-state index >= 15 is 0 Å². The van der Waals surface area contributed by atoms with Gasteiger partial charge >= 0.3 is 0 Å². The summed E-state index contributed by atoms with van der Waals surface area (Å²) in [7, 11) is 0. The molecule has 0 fully saturated rings. The van der Waals surface area contributed by atoms with Crippen molar-refractivity contribution in [3.63, 3.8) is 0 Å². The van der Waals surface area contributed by atoms with Gasteiger partial charge in [0.1, 0.15) is 0 Å². The Bertz CT molecular complexity index is 817. The largest absolute Gasteiger partial charge is 0.326 e. The molecule has 0 saturated carbocycles. The fourth-order valence-corrected chi connectivity index (χ4v) is 2.43. The molecule has 0 bridgehead atoms. The van der Waals surface area contributed by atoms with Crippen molar-refractivity contribution < 1.29 is 14.5 Å². The molecular weight excluding hydrogens is 298 g/mol. The first-order valence-electron chi connectivity index (χ1n) is 7.01. The molecule has 0 saturated heterocycles. The van der Waals surface area contributed by atoms with Crippen molar-refractivity contribution in [2.45, 2.75) is 12.8 Å². The third-order valence-corrected chi connectivity index (χ3v) is 3.58. The van der Waals surface area contributed by atoms with E-state index in [2.05, 4.69) is 10.6 Å². The molecule has 3 rings (SSSR count). The molecule has 1 heterocycles. The Labute approximate surface area is 131 Å². The van der Waals surface area contributed by atoms with Crippen LogP contribution in [0.25, 0.3) is 0 Å². The molecule has 7 heteroatoms. The number of carbonyl (C=O) groups excluding carboxylic acids is 2. The number of nitrogens with zero attached hydrogens (tertiary/aromatic N) is 1. The lowest BCUT2D eigenvalue weighted by Crippen LogP contribution is -2.19. The van der Waals surface area contributed by atoms with Crippen molar-refractivity contribution in [3.05, 3.63) is 63.7 Å². The van der Waals surface area contributed by atoms with Crippen LogP contribution in [-0.4, -0.2) is 16.7 Å². The summed E-state index contributed by atoms with van der Waals surface area (Å²) in [6, 6.07) is 10.8. The molecule has 7 nitrogen and oxygen atoms in total. The monoisotopic (exact) mass is 311 g/mol. The quantitative estimate of drug-likeness (QED) is 0.672. The zero-order valence-corrected chi connectivity index (χ0v) is 12.0. The van der Waals surface area contributed by atoms with Gasteiger partial charge in [0.2, 0.25) is 5.91 Å². The average molecular weight is 311 g/mol. The minimum absolute atomic E-state index is 0.0223. The lowest BCUT2D eigenvalue weighted by molar-refractivity contribution is -0.384. The molecule has 1 aliphatic rings. The highest BCUT2D eigenvalue weighted by molar-refractivity contribution is 6.05. The number of aryl methyl sites for hydroxylation is 1. The third kappa shape index (κ3) is 3.18. The minimum Gasteiger partial charge on any atom is -0.326 e. The summed E-state index contributed by atoms with van der Waals surface area (Å²) in [5, 5.41) is 16.2. The summed E-state index contributed by atoms with van der Waals surface area (Å²) in [4.78, 5) is 33.7. The van der Waals surface area contributed by atoms with Gasteiger partial charge in [0.25, 0.3) is 11.6 Å². The average Bonchev–Trinajstić information content (AvgIpc) is 2.55. The zero-order chi connectivity index (χ0) is 16.4. The van der Waals surface area contributed by atoms with Crippen molar-refractivity contribution in [1.29, 1.82) is 0 Å². The number of benzene rings is 2. The van der Waals surface area contributed by atoms with E-state index in [0.29, 0.717) is 18.5 Å². The van der Waals surface area contributed by atoms with E-state index < -0.39 is 10.8 Å². The Morgan fingerprint density at radius 1 is 1.17 bits per heavy atom. The molecule has 2 amide bonds. The molecule has 23 heavy (non-hydrogen) atoms. The Kier molecular flexibility index (Phi) is 3.76. The Balaban J connectivity index is 1.79.